The summed E-state index contributed by atoms with van der Waals surface area (Å²) >= 11 is 0. The van der Waals surface area contributed by atoms with Crippen molar-refractivity contribution in [2.45, 2.75) is 71.6 Å². The van der Waals surface area contributed by atoms with Crippen molar-refractivity contribution in [1.82, 2.24) is 0 Å². The molecule has 1 aliphatic heterocycles. The fourth-order valence-corrected chi connectivity index (χ4v) is 2.98. The van der Waals surface area contributed by atoms with Gasteiger partial charge in [-0.1, -0.05) is 32.9 Å². The van der Waals surface area contributed by atoms with E-state index in [9.17, 15) is 14.4 Å². The van der Waals surface area contributed by atoms with Gasteiger partial charge >= 0.3 is 17.9 Å². The van der Waals surface area contributed by atoms with Gasteiger partial charge in [0.25, 0.3) is 0 Å². The molecule has 0 radical (unpaired) electrons. The van der Waals surface area contributed by atoms with E-state index >= 15 is 0 Å². The molecule has 1 saturated heterocycles. The highest BCUT2D eigenvalue weighted by Crippen LogP contribution is 2.29. The van der Waals surface area contributed by atoms with E-state index in [0.29, 0.717) is 5.75 Å². The first-order valence-corrected chi connectivity index (χ1v) is 9.38. The highest BCUT2D eigenvalue weighted by Gasteiger charge is 2.48. The van der Waals surface area contributed by atoms with E-state index in [1.54, 1.807) is 12.1 Å². The molecule has 0 saturated carbocycles. The van der Waals surface area contributed by atoms with Gasteiger partial charge in [0.15, 0.2) is 12.2 Å². The normalized spacial score (nSPS) is 24.3. The summed E-state index contributed by atoms with van der Waals surface area (Å²) in [6, 6.07) is 7.44. The van der Waals surface area contributed by atoms with Crippen LogP contribution in [0.1, 0.15) is 47.1 Å². The SMILES string of the molecule is CC(=O)OC1COC(Oc2ccc(C(C)(C)C)cc2)C(OC(C)=O)C1OC(C)=O. The summed E-state index contributed by atoms with van der Waals surface area (Å²) in [7, 11) is 0. The van der Waals surface area contributed by atoms with Crippen LogP contribution in [0.25, 0.3) is 0 Å². The molecule has 1 aromatic carbocycles. The van der Waals surface area contributed by atoms with Crippen LogP contribution in [0.4, 0.5) is 0 Å². The van der Waals surface area contributed by atoms with Gasteiger partial charge in [-0.2, -0.15) is 0 Å². The maximum atomic E-state index is 11.6. The molecule has 1 aromatic rings. The lowest BCUT2D eigenvalue weighted by Crippen LogP contribution is -2.59. The van der Waals surface area contributed by atoms with E-state index in [-0.39, 0.29) is 12.0 Å². The quantitative estimate of drug-likeness (QED) is 0.542. The predicted molar refractivity (Wildman–Crippen MR) is 102 cm³/mol. The molecule has 2 rings (SSSR count). The highest BCUT2D eigenvalue weighted by atomic mass is 16.7. The minimum absolute atomic E-state index is 0.0161. The lowest BCUT2D eigenvalue weighted by Gasteiger charge is -2.40. The third-order valence-corrected chi connectivity index (χ3v) is 4.28. The molecule has 29 heavy (non-hydrogen) atoms. The Bertz CT molecular complexity index is 734. The highest BCUT2D eigenvalue weighted by molar-refractivity contribution is 5.68. The standard InChI is InChI=1S/C21H28O8/c1-12(22)26-17-11-25-20(19(28-14(3)24)18(17)27-13(2)23)29-16-9-7-15(8-10-16)21(4,5)6/h7-10,17-20H,11H2,1-6H3. The topological polar surface area (TPSA) is 97.4 Å². The zero-order chi connectivity index (χ0) is 21.8. The third-order valence-electron chi connectivity index (χ3n) is 4.28. The molecule has 1 fully saturated rings. The number of rotatable bonds is 5. The van der Waals surface area contributed by atoms with Crippen LogP contribution in [-0.4, -0.2) is 49.1 Å². The van der Waals surface area contributed by atoms with Gasteiger partial charge in [-0.15, -0.1) is 0 Å². The van der Waals surface area contributed by atoms with Gasteiger partial charge in [-0.25, -0.2) is 0 Å². The van der Waals surface area contributed by atoms with Crippen molar-refractivity contribution in [1.29, 1.82) is 0 Å². The van der Waals surface area contributed by atoms with Gasteiger partial charge in [0.05, 0.1) is 6.61 Å². The van der Waals surface area contributed by atoms with Gasteiger partial charge in [0, 0.05) is 20.8 Å². The summed E-state index contributed by atoms with van der Waals surface area (Å²) in [5.74, 6) is -1.31. The first-order valence-electron chi connectivity index (χ1n) is 9.38. The molecule has 0 amide bonds. The summed E-state index contributed by atoms with van der Waals surface area (Å²) in [5.41, 5.74) is 1.11. The number of hydrogen-bond acceptors (Lipinski definition) is 8. The van der Waals surface area contributed by atoms with Crippen molar-refractivity contribution in [3.05, 3.63) is 29.8 Å². The van der Waals surface area contributed by atoms with E-state index in [1.165, 1.54) is 20.8 Å². The minimum Gasteiger partial charge on any atom is -0.461 e. The monoisotopic (exact) mass is 408 g/mol. The second-order valence-electron chi connectivity index (χ2n) is 7.89. The van der Waals surface area contributed by atoms with Crippen LogP contribution in [0, 0.1) is 0 Å². The smallest absolute Gasteiger partial charge is 0.303 e. The number of carbonyl (C=O) groups is 3. The van der Waals surface area contributed by atoms with E-state index in [2.05, 4.69) is 20.8 Å². The van der Waals surface area contributed by atoms with Crippen molar-refractivity contribution in [2.24, 2.45) is 0 Å². The first kappa shape index (κ1) is 22.7. The van der Waals surface area contributed by atoms with Crippen molar-refractivity contribution in [3.8, 4) is 5.75 Å². The number of ether oxygens (including phenoxy) is 5. The van der Waals surface area contributed by atoms with Gasteiger partial charge in [0.2, 0.25) is 12.4 Å². The Morgan fingerprint density at radius 2 is 1.38 bits per heavy atom. The molecule has 1 heterocycles. The Morgan fingerprint density at radius 3 is 1.86 bits per heavy atom. The number of esters is 3. The minimum atomic E-state index is -1.11. The maximum Gasteiger partial charge on any atom is 0.303 e. The van der Waals surface area contributed by atoms with Crippen LogP contribution in [0.5, 0.6) is 5.75 Å². The Kier molecular flexibility index (Phi) is 7.24. The average molecular weight is 408 g/mol. The van der Waals surface area contributed by atoms with E-state index in [1.807, 2.05) is 12.1 Å². The number of benzene rings is 1. The van der Waals surface area contributed by atoms with E-state index in [0.717, 1.165) is 5.56 Å². The zero-order valence-electron chi connectivity index (χ0n) is 17.6. The lowest BCUT2D eigenvalue weighted by atomic mass is 9.87. The summed E-state index contributed by atoms with van der Waals surface area (Å²) in [5, 5.41) is 0. The van der Waals surface area contributed by atoms with E-state index in [4.69, 9.17) is 23.7 Å². The predicted octanol–water partition coefficient (Wildman–Crippen LogP) is 2.51. The molecule has 8 heteroatoms. The third kappa shape index (κ3) is 6.45. The molecular weight excluding hydrogens is 380 g/mol. The molecule has 8 nitrogen and oxygen atoms in total. The molecular formula is C21H28O8. The summed E-state index contributed by atoms with van der Waals surface area (Å²) in [6.45, 7) is 9.88. The zero-order valence-corrected chi connectivity index (χ0v) is 17.6. The van der Waals surface area contributed by atoms with Crippen LogP contribution in [0.2, 0.25) is 0 Å². The number of hydrogen-bond donors (Lipinski definition) is 0. The largest absolute Gasteiger partial charge is 0.461 e. The molecule has 0 aliphatic carbocycles. The molecule has 1 aliphatic rings. The second kappa shape index (κ2) is 9.26. The average Bonchev–Trinajstić information content (AvgIpc) is 2.58. The van der Waals surface area contributed by atoms with Gasteiger partial charge in [-0.3, -0.25) is 14.4 Å². The van der Waals surface area contributed by atoms with Crippen molar-refractivity contribution < 1.29 is 38.1 Å². The summed E-state index contributed by atoms with van der Waals surface area (Å²) < 4.78 is 27.3. The molecule has 0 N–H and O–H groups in total. The maximum absolute atomic E-state index is 11.6. The van der Waals surface area contributed by atoms with Crippen LogP contribution < -0.4 is 4.74 Å². The Labute approximate surface area is 170 Å². The Morgan fingerprint density at radius 1 is 0.862 bits per heavy atom. The molecule has 160 valence electrons. The molecule has 0 aromatic heterocycles. The van der Waals surface area contributed by atoms with Crippen LogP contribution in [0.3, 0.4) is 0 Å². The number of carbonyl (C=O) groups excluding carboxylic acids is 3. The molecule has 4 atom stereocenters. The van der Waals surface area contributed by atoms with E-state index < -0.39 is 42.5 Å². The van der Waals surface area contributed by atoms with Crippen molar-refractivity contribution >= 4 is 17.9 Å². The lowest BCUT2D eigenvalue weighted by molar-refractivity contribution is -0.259. The second-order valence-corrected chi connectivity index (χ2v) is 7.89. The molecule has 0 spiro atoms. The summed E-state index contributed by atoms with van der Waals surface area (Å²) in [6.07, 6.45) is -4.15. The van der Waals surface area contributed by atoms with Crippen LogP contribution in [0.15, 0.2) is 24.3 Å². The molecule has 0 bridgehead atoms. The fraction of sp³-hybridized carbons (Fsp3) is 0.571. The fourth-order valence-electron chi connectivity index (χ4n) is 2.98. The van der Waals surface area contributed by atoms with Crippen LogP contribution in [-0.2, 0) is 38.7 Å². The Hall–Kier alpha value is -2.61. The van der Waals surface area contributed by atoms with Crippen molar-refractivity contribution in [2.75, 3.05) is 6.61 Å². The summed E-state index contributed by atoms with van der Waals surface area (Å²) in [4.78, 5) is 34.6. The van der Waals surface area contributed by atoms with Gasteiger partial charge in [0.1, 0.15) is 5.75 Å². The van der Waals surface area contributed by atoms with Crippen molar-refractivity contribution in [3.63, 3.8) is 0 Å². The van der Waals surface area contributed by atoms with Gasteiger partial charge in [-0.05, 0) is 23.1 Å². The molecule has 4 unspecified atom stereocenters. The van der Waals surface area contributed by atoms with Gasteiger partial charge < -0.3 is 23.7 Å². The Balaban J connectivity index is 2.25. The van der Waals surface area contributed by atoms with Crippen LogP contribution >= 0.6 is 0 Å². The first-order chi connectivity index (χ1) is 13.5.